The third kappa shape index (κ3) is 4.01. The van der Waals surface area contributed by atoms with Gasteiger partial charge < -0.3 is 4.74 Å². The first kappa shape index (κ1) is 15.4. The van der Waals surface area contributed by atoms with Crippen LogP contribution in [-0.2, 0) is 6.54 Å². The van der Waals surface area contributed by atoms with Gasteiger partial charge >= 0.3 is 0 Å². The number of rotatable bonds is 5. The van der Waals surface area contributed by atoms with Crippen molar-refractivity contribution < 1.29 is 4.74 Å². The van der Waals surface area contributed by atoms with E-state index in [1.54, 1.807) is 23.7 Å². The van der Waals surface area contributed by atoms with Crippen molar-refractivity contribution in [2.24, 2.45) is 5.92 Å². The van der Waals surface area contributed by atoms with Gasteiger partial charge in [-0.1, -0.05) is 0 Å². The topological polar surface area (TPSA) is 51.1 Å². The molecule has 6 heteroatoms. The Hall–Kier alpha value is -1.53. The highest BCUT2D eigenvalue weighted by Gasteiger charge is 2.20. The van der Waals surface area contributed by atoms with Crippen molar-refractivity contribution >= 4 is 11.3 Å². The van der Waals surface area contributed by atoms with Crippen LogP contribution in [0.4, 0.5) is 0 Å². The summed E-state index contributed by atoms with van der Waals surface area (Å²) >= 11 is 1.73. The van der Waals surface area contributed by atoms with Crippen LogP contribution in [-0.4, -0.2) is 39.5 Å². The molecule has 0 spiro atoms. The fourth-order valence-electron chi connectivity index (χ4n) is 2.75. The molecule has 0 aliphatic carbocycles. The van der Waals surface area contributed by atoms with Crippen LogP contribution in [0.15, 0.2) is 17.8 Å². The van der Waals surface area contributed by atoms with E-state index in [-0.39, 0.29) is 0 Å². The molecule has 3 heterocycles. The SMILES string of the molecule is Cc1nc(CN2CCC(COc3nccnc3C)CC2)cs1. The van der Waals surface area contributed by atoms with Crippen molar-refractivity contribution in [2.45, 2.75) is 33.2 Å². The van der Waals surface area contributed by atoms with Gasteiger partial charge in [0.25, 0.3) is 0 Å². The summed E-state index contributed by atoms with van der Waals surface area (Å²) < 4.78 is 5.83. The Balaban J connectivity index is 1.43. The van der Waals surface area contributed by atoms with E-state index in [0.29, 0.717) is 11.8 Å². The molecule has 22 heavy (non-hydrogen) atoms. The Morgan fingerprint density at radius 3 is 2.68 bits per heavy atom. The van der Waals surface area contributed by atoms with Gasteiger partial charge in [0.1, 0.15) is 0 Å². The van der Waals surface area contributed by atoms with E-state index in [4.69, 9.17) is 4.74 Å². The molecule has 0 saturated carbocycles. The van der Waals surface area contributed by atoms with E-state index in [2.05, 4.69) is 32.2 Å². The number of likely N-dealkylation sites (tertiary alicyclic amines) is 1. The lowest BCUT2D eigenvalue weighted by molar-refractivity contribution is 0.133. The normalized spacial score (nSPS) is 16.8. The smallest absolute Gasteiger partial charge is 0.235 e. The molecule has 0 bridgehead atoms. The molecule has 0 atom stereocenters. The average molecular weight is 318 g/mol. The van der Waals surface area contributed by atoms with Gasteiger partial charge in [-0.25, -0.2) is 9.97 Å². The molecule has 0 radical (unpaired) electrons. The fraction of sp³-hybridized carbons (Fsp3) is 0.562. The molecule has 1 saturated heterocycles. The van der Waals surface area contributed by atoms with Gasteiger partial charge in [-0.3, -0.25) is 9.88 Å². The Morgan fingerprint density at radius 2 is 2.00 bits per heavy atom. The van der Waals surface area contributed by atoms with Gasteiger partial charge in [-0.05, 0) is 45.7 Å². The first-order chi connectivity index (χ1) is 10.7. The molecule has 2 aromatic heterocycles. The molecule has 0 unspecified atom stereocenters. The summed E-state index contributed by atoms with van der Waals surface area (Å²) in [4.78, 5) is 15.5. The zero-order chi connectivity index (χ0) is 15.4. The molecular weight excluding hydrogens is 296 g/mol. The number of hydrogen-bond donors (Lipinski definition) is 0. The number of aryl methyl sites for hydroxylation is 2. The number of hydrogen-bond acceptors (Lipinski definition) is 6. The zero-order valence-corrected chi connectivity index (χ0v) is 14.0. The lowest BCUT2D eigenvalue weighted by Gasteiger charge is -2.31. The minimum atomic E-state index is 0.606. The van der Waals surface area contributed by atoms with Crippen molar-refractivity contribution in [3.63, 3.8) is 0 Å². The molecule has 1 aliphatic rings. The van der Waals surface area contributed by atoms with Crippen LogP contribution < -0.4 is 4.74 Å². The summed E-state index contributed by atoms with van der Waals surface area (Å²) in [5.74, 6) is 1.28. The van der Waals surface area contributed by atoms with Crippen molar-refractivity contribution in [1.29, 1.82) is 0 Å². The maximum absolute atomic E-state index is 5.83. The molecule has 0 amide bonds. The highest BCUT2D eigenvalue weighted by atomic mass is 32.1. The Kier molecular flexibility index (Phi) is 5.00. The van der Waals surface area contributed by atoms with Gasteiger partial charge in [0.15, 0.2) is 0 Å². The predicted molar refractivity (Wildman–Crippen MR) is 87.1 cm³/mol. The maximum Gasteiger partial charge on any atom is 0.235 e. The van der Waals surface area contributed by atoms with E-state index in [1.807, 2.05) is 6.92 Å². The van der Waals surface area contributed by atoms with E-state index in [9.17, 15) is 0 Å². The number of piperidine rings is 1. The van der Waals surface area contributed by atoms with Crippen LogP contribution in [0.1, 0.15) is 29.2 Å². The van der Waals surface area contributed by atoms with Gasteiger partial charge in [0.05, 0.1) is 23.0 Å². The number of thiazole rings is 1. The minimum absolute atomic E-state index is 0.606. The fourth-order valence-corrected chi connectivity index (χ4v) is 3.36. The van der Waals surface area contributed by atoms with Crippen LogP contribution in [0.3, 0.4) is 0 Å². The second-order valence-electron chi connectivity index (χ2n) is 5.84. The summed E-state index contributed by atoms with van der Waals surface area (Å²) in [6.45, 7) is 7.94. The summed E-state index contributed by atoms with van der Waals surface area (Å²) in [6.07, 6.45) is 5.71. The molecule has 0 aromatic carbocycles. The van der Waals surface area contributed by atoms with Crippen molar-refractivity contribution in [3.05, 3.63) is 34.2 Å². The van der Waals surface area contributed by atoms with E-state index in [0.717, 1.165) is 36.9 Å². The molecule has 2 aromatic rings. The quantitative estimate of drug-likeness (QED) is 0.848. The van der Waals surface area contributed by atoms with E-state index < -0.39 is 0 Å². The largest absolute Gasteiger partial charge is 0.476 e. The summed E-state index contributed by atoms with van der Waals surface area (Å²) in [7, 11) is 0. The van der Waals surface area contributed by atoms with Gasteiger partial charge in [0.2, 0.25) is 5.88 Å². The van der Waals surface area contributed by atoms with Crippen LogP contribution in [0, 0.1) is 19.8 Å². The summed E-state index contributed by atoms with van der Waals surface area (Å²) in [5, 5.41) is 3.32. The molecule has 1 fully saturated rings. The lowest BCUT2D eigenvalue weighted by Crippen LogP contribution is -2.35. The summed E-state index contributed by atoms with van der Waals surface area (Å²) in [6, 6.07) is 0. The van der Waals surface area contributed by atoms with Crippen LogP contribution in [0.2, 0.25) is 0 Å². The number of aromatic nitrogens is 3. The highest BCUT2D eigenvalue weighted by molar-refractivity contribution is 7.09. The molecule has 3 rings (SSSR count). The van der Waals surface area contributed by atoms with Crippen LogP contribution in [0.5, 0.6) is 5.88 Å². The van der Waals surface area contributed by atoms with Crippen molar-refractivity contribution in [3.8, 4) is 5.88 Å². The summed E-state index contributed by atoms with van der Waals surface area (Å²) in [5.41, 5.74) is 2.06. The maximum atomic E-state index is 5.83. The molecule has 0 N–H and O–H groups in total. The first-order valence-electron chi connectivity index (χ1n) is 7.74. The Morgan fingerprint density at radius 1 is 1.23 bits per heavy atom. The third-order valence-electron chi connectivity index (χ3n) is 4.05. The standard InChI is InChI=1S/C16H22N4OS/c1-12-16(18-6-5-17-12)21-10-14-3-7-20(8-4-14)9-15-11-22-13(2)19-15/h5-6,11,14H,3-4,7-10H2,1-2H3. The van der Waals surface area contributed by atoms with Crippen molar-refractivity contribution in [1.82, 2.24) is 19.9 Å². The minimum Gasteiger partial charge on any atom is -0.476 e. The molecule has 1 aliphatic heterocycles. The first-order valence-corrected chi connectivity index (χ1v) is 8.62. The average Bonchev–Trinajstić information content (AvgIpc) is 2.93. The molecule has 118 valence electrons. The Bertz CT molecular complexity index is 608. The zero-order valence-electron chi connectivity index (χ0n) is 13.2. The van der Waals surface area contributed by atoms with Gasteiger partial charge in [0, 0.05) is 24.3 Å². The van der Waals surface area contributed by atoms with Gasteiger partial charge in [-0.15, -0.1) is 11.3 Å². The van der Waals surface area contributed by atoms with Crippen molar-refractivity contribution in [2.75, 3.05) is 19.7 Å². The van der Waals surface area contributed by atoms with E-state index in [1.165, 1.54) is 18.5 Å². The van der Waals surface area contributed by atoms with E-state index >= 15 is 0 Å². The number of nitrogens with zero attached hydrogens (tertiary/aromatic N) is 4. The highest BCUT2D eigenvalue weighted by Crippen LogP contribution is 2.21. The lowest BCUT2D eigenvalue weighted by atomic mass is 9.98. The molecular formula is C16H22N4OS. The third-order valence-corrected chi connectivity index (χ3v) is 4.87. The number of ether oxygens (including phenoxy) is 1. The second kappa shape index (κ2) is 7.15. The predicted octanol–water partition coefficient (Wildman–Crippen LogP) is 2.84. The van der Waals surface area contributed by atoms with Crippen LogP contribution >= 0.6 is 11.3 Å². The monoisotopic (exact) mass is 318 g/mol. The van der Waals surface area contributed by atoms with Gasteiger partial charge in [-0.2, -0.15) is 0 Å². The van der Waals surface area contributed by atoms with Crippen LogP contribution in [0.25, 0.3) is 0 Å². The Labute approximate surface area is 135 Å². The molecule has 5 nitrogen and oxygen atoms in total. The second-order valence-corrected chi connectivity index (χ2v) is 6.90.